The molecule has 0 amide bonds. The van der Waals surface area contributed by atoms with Crippen LogP contribution in [-0.4, -0.2) is 39.7 Å². The zero-order valence-corrected chi connectivity index (χ0v) is 20.8. The van der Waals surface area contributed by atoms with Crippen molar-refractivity contribution in [3.05, 3.63) is 111 Å². The Kier molecular flexibility index (Phi) is 5.76. The minimum absolute atomic E-state index is 0.0298. The molecule has 0 saturated carbocycles. The van der Waals surface area contributed by atoms with Gasteiger partial charge in [-0.2, -0.15) is 5.21 Å². The van der Waals surface area contributed by atoms with E-state index in [9.17, 15) is 9.59 Å². The predicted molar refractivity (Wildman–Crippen MR) is 144 cm³/mol. The second kappa shape index (κ2) is 9.40. The van der Waals surface area contributed by atoms with Crippen molar-refractivity contribution in [2.75, 3.05) is 0 Å². The van der Waals surface area contributed by atoms with Crippen LogP contribution < -0.4 is 11.2 Å². The second-order valence-electron chi connectivity index (χ2n) is 9.29. The maximum Gasteiger partial charge on any atom is 0.334 e. The van der Waals surface area contributed by atoms with Crippen LogP contribution in [0.1, 0.15) is 31.2 Å². The van der Waals surface area contributed by atoms with Crippen molar-refractivity contribution in [3.63, 3.8) is 0 Å². The fourth-order valence-electron chi connectivity index (χ4n) is 4.74. The first kappa shape index (κ1) is 23.3. The number of para-hydroxylation sites is 1. The fourth-order valence-corrected chi connectivity index (χ4v) is 4.74. The molecule has 38 heavy (non-hydrogen) atoms. The molecule has 10 heteroatoms. The van der Waals surface area contributed by atoms with Crippen molar-refractivity contribution < 1.29 is 0 Å². The standard InChI is InChI=1S/C28H24N8O2/c1-17(2)25-29-26-23(27(37)30-28(38)36(26)20-8-4-3-5-9-20)35(25)16-18-12-14-19(15-13-18)21-10-6-7-11-22(21)24-31-33-34-32-24/h3-15,17H,16H2,1-2H3,(H,30,37,38)(H,31,32,33,34). The monoisotopic (exact) mass is 504 g/mol. The number of tetrazole rings is 1. The molecule has 10 nitrogen and oxygen atoms in total. The highest BCUT2D eigenvalue weighted by atomic mass is 16.2. The van der Waals surface area contributed by atoms with Crippen LogP contribution in [0.5, 0.6) is 0 Å². The average Bonchev–Trinajstić information content (AvgIpc) is 3.59. The van der Waals surface area contributed by atoms with Gasteiger partial charge in [0.05, 0.1) is 5.69 Å². The van der Waals surface area contributed by atoms with Crippen LogP contribution in [0, 0.1) is 0 Å². The summed E-state index contributed by atoms with van der Waals surface area (Å²) in [6, 6.07) is 25.2. The Bertz CT molecular complexity index is 1850. The zero-order chi connectivity index (χ0) is 26.2. The van der Waals surface area contributed by atoms with E-state index in [1.54, 1.807) is 0 Å². The molecule has 2 N–H and O–H groups in total. The first-order chi connectivity index (χ1) is 18.5. The van der Waals surface area contributed by atoms with Gasteiger partial charge in [0.1, 0.15) is 5.82 Å². The summed E-state index contributed by atoms with van der Waals surface area (Å²) in [5.74, 6) is 1.29. The van der Waals surface area contributed by atoms with Gasteiger partial charge in [0.25, 0.3) is 5.56 Å². The summed E-state index contributed by atoms with van der Waals surface area (Å²) in [5, 5.41) is 14.4. The van der Waals surface area contributed by atoms with Gasteiger partial charge in [-0.05, 0) is 34.0 Å². The second-order valence-corrected chi connectivity index (χ2v) is 9.29. The first-order valence-electron chi connectivity index (χ1n) is 12.2. The van der Waals surface area contributed by atoms with Gasteiger partial charge < -0.3 is 4.57 Å². The van der Waals surface area contributed by atoms with Gasteiger partial charge >= 0.3 is 5.69 Å². The molecule has 0 bridgehead atoms. The molecule has 6 aromatic rings. The molecule has 0 radical (unpaired) electrons. The lowest BCUT2D eigenvalue weighted by atomic mass is 9.98. The molecular weight excluding hydrogens is 480 g/mol. The van der Waals surface area contributed by atoms with E-state index in [2.05, 4.69) is 25.6 Å². The average molecular weight is 505 g/mol. The fraction of sp³-hybridized carbons (Fsp3) is 0.143. The van der Waals surface area contributed by atoms with Crippen LogP contribution in [0.2, 0.25) is 0 Å². The van der Waals surface area contributed by atoms with E-state index in [0.717, 1.165) is 28.1 Å². The highest BCUT2D eigenvalue weighted by Crippen LogP contribution is 2.30. The Morgan fingerprint density at radius 2 is 1.58 bits per heavy atom. The summed E-state index contributed by atoms with van der Waals surface area (Å²) < 4.78 is 3.36. The molecule has 6 rings (SSSR count). The van der Waals surface area contributed by atoms with Gasteiger partial charge in [0, 0.05) is 18.0 Å². The molecule has 3 heterocycles. The number of hydrogen-bond acceptors (Lipinski definition) is 6. The molecule has 0 spiro atoms. The zero-order valence-electron chi connectivity index (χ0n) is 20.8. The number of benzene rings is 3. The van der Waals surface area contributed by atoms with Crippen LogP contribution in [0.15, 0.2) is 88.5 Å². The molecule has 3 aromatic carbocycles. The van der Waals surface area contributed by atoms with Crippen LogP contribution >= 0.6 is 0 Å². The predicted octanol–water partition coefficient (Wildman–Crippen LogP) is 3.89. The highest BCUT2D eigenvalue weighted by Gasteiger charge is 2.21. The Morgan fingerprint density at radius 1 is 0.868 bits per heavy atom. The number of aromatic nitrogens is 8. The number of aromatic amines is 2. The first-order valence-corrected chi connectivity index (χ1v) is 12.2. The molecule has 3 aromatic heterocycles. The SMILES string of the molecule is CC(C)c1nc2c(c(=O)[nH]c(=O)n2-c2ccccc2)n1Cc1ccc(-c2ccccc2-c2nn[nH]n2)cc1. The van der Waals surface area contributed by atoms with Gasteiger partial charge in [-0.1, -0.05) is 80.6 Å². The van der Waals surface area contributed by atoms with E-state index in [-0.39, 0.29) is 5.92 Å². The molecular formula is C28H24N8O2. The van der Waals surface area contributed by atoms with E-state index in [1.807, 2.05) is 97.3 Å². The third-order valence-corrected chi connectivity index (χ3v) is 6.48. The summed E-state index contributed by atoms with van der Waals surface area (Å²) in [6.07, 6.45) is 0. The number of rotatable bonds is 6. The number of hydrogen-bond donors (Lipinski definition) is 2. The van der Waals surface area contributed by atoms with Gasteiger partial charge in [0.2, 0.25) is 5.82 Å². The molecule has 188 valence electrons. The lowest BCUT2D eigenvalue weighted by molar-refractivity contribution is 0.682. The molecule has 0 aliphatic rings. The van der Waals surface area contributed by atoms with E-state index in [1.165, 1.54) is 4.57 Å². The molecule has 0 fully saturated rings. The van der Waals surface area contributed by atoms with Crippen molar-refractivity contribution in [1.29, 1.82) is 0 Å². The largest absolute Gasteiger partial charge is 0.334 e. The van der Waals surface area contributed by atoms with Crippen molar-refractivity contribution >= 4 is 11.2 Å². The van der Waals surface area contributed by atoms with E-state index in [4.69, 9.17) is 4.98 Å². The number of nitrogens with one attached hydrogen (secondary N) is 2. The number of nitrogens with zero attached hydrogens (tertiary/aromatic N) is 6. The summed E-state index contributed by atoms with van der Waals surface area (Å²) >= 11 is 0. The van der Waals surface area contributed by atoms with Crippen molar-refractivity contribution in [2.45, 2.75) is 26.3 Å². The molecule has 0 unspecified atom stereocenters. The number of imidazole rings is 1. The number of fused-ring (bicyclic) bond motifs is 1. The van der Waals surface area contributed by atoms with Crippen molar-refractivity contribution in [3.8, 4) is 28.2 Å². The summed E-state index contributed by atoms with van der Waals surface area (Å²) in [7, 11) is 0. The van der Waals surface area contributed by atoms with Gasteiger partial charge in [-0.15, -0.1) is 10.2 Å². The van der Waals surface area contributed by atoms with Crippen LogP contribution in [0.4, 0.5) is 0 Å². The summed E-state index contributed by atoms with van der Waals surface area (Å²) in [5.41, 5.74) is 4.24. The van der Waals surface area contributed by atoms with Gasteiger partial charge in [0.15, 0.2) is 11.2 Å². The maximum absolute atomic E-state index is 13.1. The van der Waals surface area contributed by atoms with Crippen LogP contribution in [0.25, 0.3) is 39.4 Å². The van der Waals surface area contributed by atoms with Gasteiger partial charge in [-0.3, -0.25) is 9.78 Å². The van der Waals surface area contributed by atoms with Crippen molar-refractivity contribution in [2.24, 2.45) is 0 Å². The minimum Gasteiger partial charge on any atom is -0.317 e. The topological polar surface area (TPSA) is 127 Å². The third-order valence-electron chi connectivity index (χ3n) is 6.48. The smallest absolute Gasteiger partial charge is 0.317 e. The van der Waals surface area contributed by atoms with E-state index < -0.39 is 11.2 Å². The Labute approximate surface area is 216 Å². The quantitative estimate of drug-likeness (QED) is 0.354. The van der Waals surface area contributed by atoms with E-state index in [0.29, 0.717) is 29.2 Å². The number of H-pyrrole nitrogens is 2. The Hall–Kier alpha value is -5.12. The molecule has 0 aliphatic heterocycles. The Balaban J connectivity index is 1.44. The normalized spacial score (nSPS) is 11.4. The third kappa shape index (κ3) is 4.01. The summed E-state index contributed by atoms with van der Waals surface area (Å²) in [4.78, 5) is 33.2. The summed E-state index contributed by atoms with van der Waals surface area (Å²) in [6.45, 7) is 4.47. The Morgan fingerprint density at radius 3 is 2.26 bits per heavy atom. The van der Waals surface area contributed by atoms with Gasteiger partial charge in [-0.25, -0.2) is 14.3 Å². The lowest BCUT2D eigenvalue weighted by Crippen LogP contribution is -2.30. The minimum atomic E-state index is -0.515. The molecule has 0 atom stereocenters. The maximum atomic E-state index is 13.1. The van der Waals surface area contributed by atoms with Crippen molar-refractivity contribution in [1.82, 2.24) is 39.7 Å². The van der Waals surface area contributed by atoms with Crippen LogP contribution in [-0.2, 0) is 6.54 Å². The highest BCUT2D eigenvalue weighted by molar-refractivity contribution is 5.80. The molecule has 0 saturated heterocycles. The van der Waals surface area contributed by atoms with E-state index >= 15 is 0 Å². The van der Waals surface area contributed by atoms with Crippen LogP contribution in [0.3, 0.4) is 0 Å². The lowest BCUT2D eigenvalue weighted by Gasteiger charge is -2.12. The molecule has 0 aliphatic carbocycles.